The highest BCUT2D eigenvalue weighted by Crippen LogP contribution is 2.22. The third kappa shape index (κ3) is 7.11. The van der Waals surface area contributed by atoms with E-state index in [0.29, 0.717) is 6.61 Å². The maximum absolute atomic E-state index is 14.0. The number of alkyl halides is 2. The van der Waals surface area contributed by atoms with Crippen LogP contribution in [0, 0.1) is 13.8 Å². The number of nitrogens with two attached hydrogens (primary N) is 1. The van der Waals surface area contributed by atoms with Gasteiger partial charge in [-0.1, -0.05) is 22.0 Å². The van der Waals surface area contributed by atoms with E-state index < -0.39 is 5.67 Å². The Morgan fingerprint density at radius 3 is 2.27 bits per heavy atom. The Labute approximate surface area is 162 Å². The number of halogens is 2. The summed E-state index contributed by atoms with van der Waals surface area (Å²) in [6.07, 6.45) is 0. The monoisotopic (exact) mass is 427 g/mol. The summed E-state index contributed by atoms with van der Waals surface area (Å²) in [6.45, 7) is 9.12. The second-order valence-electron chi connectivity index (χ2n) is 6.49. The number of hydrogen-bond donors (Lipinski definition) is 2. The summed E-state index contributed by atoms with van der Waals surface area (Å²) in [5.41, 5.74) is 6.23. The molecule has 1 unspecified atom stereocenters. The number of nitrogen functional groups attached to an aromatic ring is 1. The minimum atomic E-state index is -1.69. The maximum Gasteiger partial charge on any atom is 0.228 e. The number of nitrogens with one attached hydrogen (secondary N) is 1. The zero-order chi connectivity index (χ0) is 19.9. The van der Waals surface area contributed by atoms with Crippen molar-refractivity contribution in [1.29, 1.82) is 0 Å². The largest absolute Gasteiger partial charge is 0.491 e. The lowest BCUT2D eigenvalue weighted by Gasteiger charge is -2.18. The standard InChI is InChI=1S/C17H24FN5O.CH3Br/c1-10-6-11(2)8-13(7-10)24-9-12(3)20-16-22-14(17(4,5)18)21-15(19)23-16;1-2/h6-8,12H,9H2,1-5H3,(H3,19,20,21,22,23);1H3. The molecule has 1 aromatic heterocycles. The molecule has 1 heterocycles. The maximum atomic E-state index is 14.0. The molecule has 0 saturated heterocycles. The highest BCUT2D eigenvalue weighted by atomic mass is 79.9. The molecule has 0 fully saturated rings. The molecule has 6 nitrogen and oxygen atoms in total. The SMILES string of the molecule is CBr.Cc1cc(C)cc(OCC(C)Nc2nc(N)nc(C(C)(C)F)n2)c1. The molecule has 3 N–H and O–H groups in total. The van der Waals surface area contributed by atoms with Gasteiger partial charge in [0.15, 0.2) is 11.5 Å². The van der Waals surface area contributed by atoms with Crippen molar-refractivity contribution in [2.75, 3.05) is 23.5 Å². The minimum absolute atomic E-state index is 0.0000673. The molecule has 26 heavy (non-hydrogen) atoms. The molecule has 0 aliphatic carbocycles. The van der Waals surface area contributed by atoms with Crippen LogP contribution in [0.25, 0.3) is 0 Å². The summed E-state index contributed by atoms with van der Waals surface area (Å²) in [7, 11) is 0. The van der Waals surface area contributed by atoms with E-state index >= 15 is 0 Å². The van der Waals surface area contributed by atoms with E-state index in [1.807, 2.05) is 38.7 Å². The molecule has 0 spiro atoms. The van der Waals surface area contributed by atoms with Crippen molar-refractivity contribution in [3.63, 3.8) is 0 Å². The van der Waals surface area contributed by atoms with Gasteiger partial charge in [-0.25, -0.2) is 4.39 Å². The van der Waals surface area contributed by atoms with Gasteiger partial charge >= 0.3 is 0 Å². The van der Waals surface area contributed by atoms with Crippen LogP contribution in [0.4, 0.5) is 16.3 Å². The highest BCUT2D eigenvalue weighted by Gasteiger charge is 2.24. The van der Waals surface area contributed by atoms with E-state index in [4.69, 9.17) is 10.5 Å². The quantitative estimate of drug-likeness (QED) is 0.672. The second-order valence-corrected chi connectivity index (χ2v) is 6.49. The Kier molecular flexibility index (Phi) is 8.20. The van der Waals surface area contributed by atoms with Gasteiger partial charge in [0.1, 0.15) is 12.4 Å². The fourth-order valence-electron chi connectivity index (χ4n) is 2.22. The molecule has 0 saturated carbocycles. The van der Waals surface area contributed by atoms with Gasteiger partial charge in [-0.2, -0.15) is 15.0 Å². The molecule has 2 rings (SSSR count). The highest BCUT2D eigenvalue weighted by molar-refractivity contribution is 9.08. The second kappa shape index (κ2) is 9.66. The van der Waals surface area contributed by atoms with Crippen LogP contribution in [0.1, 0.15) is 37.7 Å². The zero-order valence-electron chi connectivity index (χ0n) is 16.1. The zero-order valence-corrected chi connectivity index (χ0v) is 17.7. The molecular formula is C18H27BrFN5O. The van der Waals surface area contributed by atoms with Crippen molar-refractivity contribution in [3.8, 4) is 5.75 Å². The van der Waals surface area contributed by atoms with Crippen molar-refractivity contribution in [2.24, 2.45) is 0 Å². The average molecular weight is 428 g/mol. The molecule has 144 valence electrons. The first-order chi connectivity index (χ1) is 12.1. The van der Waals surface area contributed by atoms with Gasteiger partial charge in [0.2, 0.25) is 11.9 Å². The summed E-state index contributed by atoms with van der Waals surface area (Å²) in [5.74, 6) is 2.84. The fourth-order valence-corrected chi connectivity index (χ4v) is 2.22. The number of anilines is 2. The lowest BCUT2D eigenvalue weighted by atomic mass is 10.1. The van der Waals surface area contributed by atoms with E-state index in [1.165, 1.54) is 13.8 Å². The normalized spacial score (nSPS) is 12.0. The molecule has 0 radical (unpaired) electrons. The van der Waals surface area contributed by atoms with Crippen LogP contribution in [0.3, 0.4) is 0 Å². The number of rotatable bonds is 6. The van der Waals surface area contributed by atoms with Gasteiger partial charge in [0.25, 0.3) is 0 Å². The molecule has 0 amide bonds. The van der Waals surface area contributed by atoms with E-state index in [9.17, 15) is 4.39 Å². The van der Waals surface area contributed by atoms with Crippen molar-refractivity contribution >= 4 is 27.8 Å². The first kappa shape index (κ1) is 22.1. The Hall–Kier alpha value is -1.96. The van der Waals surface area contributed by atoms with Crippen LogP contribution in [-0.2, 0) is 5.67 Å². The van der Waals surface area contributed by atoms with Gasteiger partial charge < -0.3 is 15.8 Å². The molecule has 8 heteroatoms. The topological polar surface area (TPSA) is 86.0 Å². The minimum Gasteiger partial charge on any atom is -0.491 e. The summed E-state index contributed by atoms with van der Waals surface area (Å²) in [5, 5.41) is 3.06. The molecule has 0 bridgehead atoms. The van der Waals surface area contributed by atoms with Gasteiger partial charge in [-0.3, -0.25) is 0 Å². The smallest absolute Gasteiger partial charge is 0.228 e. The van der Waals surface area contributed by atoms with E-state index in [2.05, 4.69) is 42.3 Å². The summed E-state index contributed by atoms with van der Waals surface area (Å²) >= 11 is 2.94. The first-order valence-corrected chi connectivity index (χ1v) is 9.78. The van der Waals surface area contributed by atoms with E-state index in [1.54, 1.807) is 0 Å². The Bertz CT molecular complexity index is 701. The summed E-state index contributed by atoms with van der Waals surface area (Å²) < 4.78 is 19.8. The number of nitrogens with zero attached hydrogens (tertiary/aromatic N) is 3. The Morgan fingerprint density at radius 2 is 1.73 bits per heavy atom. The number of hydrogen-bond acceptors (Lipinski definition) is 6. The fraction of sp³-hybridized carbons (Fsp3) is 0.500. The van der Waals surface area contributed by atoms with Crippen LogP contribution >= 0.6 is 15.9 Å². The predicted molar refractivity (Wildman–Crippen MR) is 108 cm³/mol. The molecule has 1 atom stereocenters. The van der Waals surface area contributed by atoms with Gasteiger partial charge in [0.05, 0.1) is 6.04 Å². The van der Waals surface area contributed by atoms with E-state index in [-0.39, 0.29) is 23.8 Å². The molecular weight excluding hydrogens is 401 g/mol. The number of aryl methyl sites for hydroxylation is 2. The van der Waals surface area contributed by atoms with Crippen LogP contribution in [0.5, 0.6) is 5.75 Å². The summed E-state index contributed by atoms with van der Waals surface area (Å²) in [6, 6.07) is 5.94. The van der Waals surface area contributed by atoms with Crippen LogP contribution < -0.4 is 15.8 Å². The van der Waals surface area contributed by atoms with E-state index in [0.717, 1.165) is 16.9 Å². The third-order valence-corrected chi connectivity index (χ3v) is 3.26. The summed E-state index contributed by atoms with van der Waals surface area (Å²) in [4.78, 5) is 11.9. The first-order valence-electron chi connectivity index (χ1n) is 8.20. The molecule has 0 aliphatic heterocycles. The van der Waals surface area contributed by atoms with Gasteiger partial charge in [0, 0.05) is 0 Å². The molecule has 0 aliphatic rings. The average Bonchev–Trinajstić information content (AvgIpc) is 2.52. The number of benzene rings is 1. The number of ether oxygens (including phenoxy) is 1. The van der Waals surface area contributed by atoms with Gasteiger partial charge in [-0.15, -0.1) is 0 Å². The Morgan fingerprint density at radius 1 is 1.15 bits per heavy atom. The molecule has 2 aromatic rings. The van der Waals surface area contributed by atoms with Crippen LogP contribution in [0.15, 0.2) is 18.2 Å². The number of aromatic nitrogens is 3. The lowest BCUT2D eigenvalue weighted by molar-refractivity contribution is 0.206. The van der Waals surface area contributed by atoms with Crippen molar-refractivity contribution in [2.45, 2.75) is 46.3 Å². The molecule has 1 aromatic carbocycles. The lowest BCUT2D eigenvalue weighted by Crippen LogP contribution is -2.26. The van der Waals surface area contributed by atoms with Crippen molar-refractivity contribution in [3.05, 3.63) is 35.2 Å². The van der Waals surface area contributed by atoms with Crippen LogP contribution in [-0.4, -0.2) is 33.4 Å². The van der Waals surface area contributed by atoms with Crippen molar-refractivity contribution in [1.82, 2.24) is 15.0 Å². The Balaban J connectivity index is 0.00000163. The predicted octanol–water partition coefficient (Wildman–Crippen LogP) is 4.17. The van der Waals surface area contributed by atoms with Crippen LogP contribution in [0.2, 0.25) is 0 Å². The van der Waals surface area contributed by atoms with Gasteiger partial charge in [-0.05, 0) is 63.7 Å². The third-order valence-electron chi connectivity index (χ3n) is 3.26. The van der Waals surface area contributed by atoms with Crippen molar-refractivity contribution < 1.29 is 9.13 Å².